The predicted octanol–water partition coefficient (Wildman–Crippen LogP) is 6.58. The SMILES string of the molecule is Cc1nn(-c2ccccc2)c(C)c1CN1CCN(C(=O)c2ccc(COc3c(Cl)cc(Cl)cc3Cl)o2)CC1. The summed E-state index contributed by atoms with van der Waals surface area (Å²) in [5.74, 6) is 0.956. The number of benzene rings is 2. The molecule has 2 aromatic carbocycles. The molecule has 1 aliphatic rings. The van der Waals surface area contributed by atoms with Crippen molar-refractivity contribution < 1.29 is 13.9 Å². The standard InChI is InChI=1S/C28H27Cl3N4O3/c1-18-23(19(2)35(32-18)21-6-4-3-5-7-21)16-33-10-12-34(13-11-33)28(36)26-9-8-22(38-26)17-37-27-24(30)14-20(29)15-25(27)31/h3-9,14-15H,10-13,16-17H2,1-2H3. The molecule has 0 spiro atoms. The number of rotatable bonds is 7. The average Bonchev–Trinajstić information content (AvgIpc) is 3.49. The van der Waals surface area contributed by atoms with Crippen LogP contribution in [0.4, 0.5) is 0 Å². The molecule has 0 aliphatic carbocycles. The van der Waals surface area contributed by atoms with E-state index in [0.29, 0.717) is 39.7 Å². The molecule has 0 N–H and O–H groups in total. The van der Waals surface area contributed by atoms with Crippen LogP contribution in [-0.4, -0.2) is 51.7 Å². The molecule has 0 unspecified atom stereocenters. The average molecular weight is 574 g/mol. The third-order valence-corrected chi connectivity index (χ3v) is 7.46. The van der Waals surface area contributed by atoms with Gasteiger partial charge >= 0.3 is 0 Å². The van der Waals surface area contributed by atoms with E-state index < -0.39 is 0 Å². The Labute approximate surface area is 236 Å². The maximum Gasteiger partial charge on any atom is 0.289 e. The van der Waals surface area contributed by atoms with Gasteiger partial charge in [-0.2, -0.15) is 5.10 Å². The summed E-state index contributed by atoms with van der Waals surface area (Å²) in [7, 11) is 0. The summed E-state index contributed by atoms with van der Waals surface area (Å²) in [6.45, 7) is 7.81. The number of piperazine rings is 1. The van der Waals surface area contributed by atoms with Crippen molar-refractivity contribution in [2.24, 2.45) is 0 Å². The Morgan fingerprint density at radius 1 is 0.974 bits per heavy atom. The van der Waals surface area contributed by atoms with Crippen LogP contribution in [-0.2, 0) is 13.2 Å². The van der Waals surface area contributed by atoms with Crippen LogP contribution in [0.1, 0.15) is 33.3 Å². The lowest BCUT2D eigenvalue weighted by molar-refractivity contribution is 0.0593. The van der Waals surface area contributed by atoms with Gasteiger partial charge in [-0.3, -0.25) is 9.69 Å². The topological polar surface area (TPSA) is 63.7 Å². The van der Waals surface area contributed by atoms with E-state index >= 15 is 0 Å². The normalized spacial score (nSPS) is 14.2. The van der Waals surface area contributed by atoms with E-state index in [-0.39, 0.29) is 18.3 Å². The number of hydrogen-bond acceptors (Lipinski definition) is 5. The highest BCUT2D eigenvalue weighted by Gasteiger charge is 2.26. The van der Waals surface area contributed by atoms with Crippen LogP contribution < -0.4 is 4.74 Å². The second-order valence-electron chi connectivity index (χ2n) is 9.22. The molecule has 2 aromatic heterocycles. The summed E-state index contributed by atoms with van der Waals surface area (Å²) in [4.78, 5) is 17.2. The Morgan fingerprint density at radius 2 is 1.66 bits per heavy atom. The van der Waals surface area contributed by atoms with Crippen molar-refractivity contribution in [1.29, 1.82) is 0 Å². The number of aromatic nitrogens is 2. The van der Waals surface area contributed by atoms with E-state index in [1.807, 2.05) is 27.8 Å². The Morgan fingerprint density at radius 3 is 2.34 bits per heavy atom. The summed E-state index contributed by atoms with van der Waals surface area (Å²) in [6, 6.07) is 16.6. The lowest BCUT2D eigenvalue weighted by Crippen LogP contribution is -2.48. The number of carbonyl (C=O) groups is 1. The van der Waals surface area contributed by atoms with Gasteiger partial charge in [0.05, 0.1) is 21.4 Å². The van der Waals surface area contributed by atoms with Crippen molar-refractivity contribution in [3.8, 4) is 11.4 Å². The first-order chi connectivity index (χ1) is 18.3. The quantitative estimate of drug-likeness (QED) is 0.250. The highest BCUT2D eigenvalue weighted by atomic mass is 35.5. The van der Waals surface area contributed by atoms with Crippen LogP contribution in [0.5, 0.6) is 5.75 Å². The van der Waals surface area contributed by atoms with Gasteiger partial charge in [-0.05, 0) is 50.2 Å². The Balaban J connectivity index is 1.16. The predicted molar refractivity (Wildman–Crippen MR) is 149 cm³/mol. The molecular formula is C28H27Cl3N4O3. The summed E-state index contributed by atoms with van der Waals surface area (Å²) >= 11 is 18.3. The van der Waals surface area contributed by atoms with Gasteiger partial charge in [-0.15, -0.1) is 0 Å². The molecule has 1 fully saturated rings. The van der Waals surface area contributed by atoms with Crippen molar-refractivity contribution in [3.05, 3.63) is 98.1 Å². The molecule has 0 saturated carbocycles. The number of hydrogen-bond donors (Lipinski definition) is 0. The number of nitrogens with zero attached hydrogens (tertiary/aromatic N) is 4. The molecule has 1 amide bonds. The van der Waals surface area contributed by atoms with Gasteiger partial charge in [0.25, 0.3) is 5.91 Å². The zero-order valence-electron chi connectivity index (χ0n) is 21.1. The number of furan rings is 1. The molecule has 198 valence electrons. The lowest BCUT2D eigenvalue weighted by Gasteiger charge is -2.34. The fraction of sp³-hybridized carbons (Fsp3) is 0.286. The first-order valence-electron chi connectivity index (χ1n) is 12.3. The number of aryl methyl sites for hydroxylation is 1. The van der Waals surface area contributed by atoms with Gasteiger partial charge in [0.1, 0.15) is 12.4 Å². The Bertz CT molecular complexity index is 1420. The molecule has 5 rings (SSSR count). The zero-order valence-corrected chi connectivity index (χ0v) is 23.4. The Hall–Kier alpha value is -2.97. The number of ether oxygens (including phenoxy) is 1. The third kappa shape index (κ3) is 5.71. The fourth-order valence-electron chi connectivity index (χ4n) is 4.59. The van der Waals surface area contributed by atoms with Crippen molar-refractivity contribution in [2.45, 2.75) is 27.0 Å². The summed E-state index contributed by atoms with van der Waals surface area (Å²) in [6.07, 6.45) is 0. The van der Waals surface area contributed by atoms with Crippen LogP contribution in [0.2, 0.25) is 15.1 Å². The summed E-state index contributed by atoms with van der Waals surface area (Å²) < 4.78 is 13.5. The van der Waals surface area contributed by atoms with E-state index in [4.69, 9.17) is 49.1 Å². The molecule has 38 heavy (non-hydrogen) atoms. The smallest absolute Gasteiger partial charge is 0.289 e. The van der Waals surface area contributed by atoms with Crippen LogP contribution >= 0.6 is 34.8 Å². The minimum Gasteiger partial charge on any atom is -0.483 e. The van der Waals surface area contributed by atoms with E-state index in [2.05, 4.69) is 30.9 Å². The molecule has 10 heteroatoms. The molecule has 0 bridgehead atoms. The number of halogens is 3. The number of carbonyl (C=O) groups excluding carboxylic acids is 1. The van der Waals surface area contributed by atoms with Gasteiger partial charge < -0.3 is 14.1 Å². The molecule has 4 aromatic rings. The van der Waals surface area contributed by atoms with Crippen molar-refractivity contribution in [1.82, 2.24) is 19.6 Å². The highest BCUT2D eigenvalue weighted by molar-refractivity contribution is 6.40. The Kier molecular flexibility index (Phi) is 8.00. The van der Waals surface area contributed by atoms with Crippen LogP contribution in [0.3, 0.4) is 0 Å². The first kappa shape index (κ1) is 26.6. The van der Waals surface area contributed by atoms with E-state index in [0.717, 1.165) is 36.7 Å². The highest BCUT2D eigenvalue weighted by Crippen LogP contribution is 2.36. The van der Waals surface area contributed by atoms with Crippen LogP contribution in [0.25, 0.3) is 5.69 Å². The fourth-order valence-corrected chi connectivity index (χ4v) is 5.52. The molecule has 1 aliphatic heterocycles. The van der Waals surface area contributed by atoms with Crippen molar-refractivity contribution in [2.75, 3.05) is 26.2 Å². The monoisotopic (exact) mass is 572 g/mol. The molecule has 0 atom stereocenters. The summed E-state index contributed by atoms with van der Waals surface area (Å²) in [5, 5.41) is 5.80. The van der Waals surface area contributed by atoms with Gasteiger partial charge in [-0.25, -0.2) is 4.68 Å². The molecule has 7 nitrogen and oxygen atoms in total. The van der Waals surface area contributed by atoms with Crippen molar-refractivity contribution in [3.63, 3.8) is 0 Å². The largest absolute Gasteiger partial charge is 0.483 e. The molecule has 0 radical (unpaired) electrons. The van der Waals surface area contributed by atoms with Gasteiger partial charge in [0, 0.05) is 49.0 Å². The number of amides is 1. The van der Waals surface area contributed by atoms with E-state index in [9.17, 15) is 4.79 Å². The third-order valence-electron chi connectivity index (χ3n) is 6.68. The zero-order chi connectivity index (χ0) is 26.8. The summed E-state index contributed by atoms with van der Waals surface area (Å²) in [5.41, 5.74) is 4.44. The first-order valence-corrected chi connectivity index (χ1v) is 13.4. The van der Waals surface area contributed by atoms with Gasteiger partial charge in [-0.1, -0.05) is 53.0 Å². The molecular weight excluding hydrogens is 547 g/mol. The molecule has 1 saturated heterocycles. The second kappa shape index (κ2) is 11.4. The maximum absolute atomic E-state index is 13.1. The second-order valence-corrected chi connectivity index (χ2v) is 10.5. The van der Waals surface area contributed by atoms with E-state index in [1.54, 1.807) is 24.3 Å². The van der Waals surface area contributed by atoms with E-state index in [1.165, 1.54) is 5.56 Å². The minimum absolute atomic E-state index is 0.0808. The van der Waals surface area contributed by atoms with Gasteiger partial charge in [0.15, 0.2) is 11.5 Å². The number of para-hydroxylation sites is 1. The van der Waals surface area contributed by atoms with Crippen LogP contribution in [0, 0.1) is 13.8 Å². The van der Waals surface area contributed by atoms with Gasteiger partial charge in [0.2, 0.25) is 0 Å². The van der Waals surface area contributed by atoms with Crippen molar-refractivity contribution >= 4 is 40.7 Å². The molecule has 3 heterocycles. The maximum atomic E-state index is 13.1. The minimum atomic E-state index is -0.136. The lowest BCUT2D eigenvalue weighted by atomic mass is 10.1. The van der Waals surface area contributed by atoms with Crippen LogP contribution in [0.15, 0.2) is 59.0 Å².